The highest BCUT2D eigenvalue weighted by Crippen LogP contribution is 2.29. The summed E-state index contributed by atoms with van der Waals surface area (Å²) in [5.41, 5.74) is 1.05. The molecule has 9 nitrogen and oxygen atoms in total. The Labute approximate surface area is 189 Å². The average Bonchev–Trinajstić information content (AvgIpc) is 3.25. The number of amides is 3. The maximum atomic E-state index is 12.9. The van der Waals surface area contributed by atoms with E-state index >= 15 is 0 Å². The molecule has 0 bridgehead atoms. The minimum Gasteiger partial charge on any atom is -0.443 e. The number of hydrogen-bond donors (Lipinski definition) is 1. The van der Waals surface area contributed by atoms with Crippen molar-refractivity contribution in [2.45, 2.75) is 31.9 Å². The van der Waals surface area contributed by atoms with Gasteiger partial charge in [0.2, 0.25) is 5.91 Å². The number of pyridine rings is 1. The summed E-state index contributed by atoms with van der Waals surface area (Å²) in [5, 5.41) is 12.4. The van der Waals surface area contributed by atoms with Gasteiger partial charge >= 0.3 is 6.09 Å². The number of ether oxygens (including phenoxy) is 1. The number of carbonyl (C=O) groups excluding carboxylic acids is 3. The third-order valence-corrected chi connectivity index (χ3v) is 6.57. The van der Waals surface area contributed by atoms with Crippen molar-refractivity contribution in [2.24, 2.45) is 0 Å². The number of rotatable bonds is 4. The summed E-state index contributed by atoms with van der Waals surface area (Å²) >= 11 is 1.51. The Hall–Kier alpha value is -3.32. The van der Waals surface area contributed by atoms with E-state index in [-0.39, 0.29) is 12.5 Å². The number of cyclic esters (lactones) is 1. The van der Waals surface area contributed by atoms with Gasteiger partial charge in [-0.1, -0.05) is 0 Å². The van der Waals surface area contributed by atoms with Crippen molar-refractivity contribution in [1.29, 1.82) is 5.26 Å². The molecule has 1 N–H and O–H groups in total. The molecule has 2 fully saturated rings. The first-order valence-corrected chi connectivity index (χ1v) is 11.4. The van der Waals surface area contributed by atoms with E-state index in [0.29, 0.717) is 46.7 Å². The molecule has 10 heteroatoms. The summed E-state index contributed by atoms with van der Waals surface area (Å²) in [6.07, 6.45) is 1.77. The Morgan fingerprint density at radius 2 is 2.19 bits per heavy atom. The molecule has 2 aliphatic rings. The average molecular weight is 454 g/mol. The van der Waals surface area contributed by atoms with Crippen LogP contribution in [0.25, 0.3) is 10.9 Å². The van der Waals surface area contributed by atoms with E-state index in [1.54, 1.807) is 24.3 Å². The van der Waals surface area contributed by atoms with Gasteiger partial charge in [-0.15, -0.1) is 11.8 Å². The van der Waals surface area contributed by atoms with Crippen molar-refractivity contribution >= 4 is 46.3 Å². The first-order chi connectivity index (χ1) is 15.3. The summed E-state index contributed by atoms with van der Waals surface area (Å²) in [6, 6.07) is 8.47. The van der Waals surface area contributed by atoms with Gasteiger partial charge in [0, 0.05) is 36.0 Å². The number of thioether (sulfide) groups is 1. The second-order valence-electron chi connectivity index (χ2n) is 8.28. The molecule has 0 saturated carbocycles. The number of aromatic nitrogens is 1. The van der Waals surface area contributed by atoms with Gasteiger partial charge in [-0.2, -0.15) is 5.26 Å². The molecule has 3 amide bonds. The Balaban J connectivity index is 1.53. The van der Waals surface area contributed by atoms with Crippen LogP contribution in [0.2, 0.25) is 0 Å². The van der Waals surface area contributed by atoms with Crippen LogP contribution in [-0.4, -0.2) is 64.2 Å². The lowest BCUT2D eigenvalue weighted by molar-refractivity contribution is -0.129. The van der Waals surface area contributed by atoms with E-state index in [0.717, 1.165) is 0 Å². The normalized spacial score (nSPS) is 20.0. The highest BCUT2D eigenvalue weighted by atomic mass is 32.2. The van der Waals surface area contributed by atoms with Crippen molar-refractivity contribution in [3.8, 4) is 6.07 Å². The lowest BCUT2D eigenvalue weighted by atomic mass is 10.0. The zero-order valence-corrected chi connectivity index (χ0v) is 18.6. The minimum absolute atomic E-state index is 0.200. The van der Waals surface area contributed by atoms with Gasteiger partial charge in [-0.3, -0.25) is 19.5 Å². The van der Waals surface area contributed by atoms with Gasteiger partial charge in [0.05, 0.1) is 29.6 Å². The number of nitrogens with zero attached hydrogens (tertiary/aromatic N) is 4. The summed E-state index contributed by atoms with van der Waals surface area (Å²) in [7, 11) is 0. The highest BCUT2D eigenvalue weighted by Gasteiger charge is 2.34. The molecule has 3 heterocycles. The second kappa shape index (κ2) is 8.67. The van der Waals surface area contributed by atoms with Crippen LogP contribution >= 0.6 is 11.8 Å². The quantitative estimate of drug-likeness (QED) is 0.756. The predicted molar refractivity (Wildman–Crippen MR) is 120 cm³/mol. The van der Waals surface area contributed by atoms with E-state index < -0.39 is 23.6 Å². The molecule has 1 aromatic heterocycles. The second-order valence-corrected chi connectivity index (χ2v) is 9.28. The summed E-state index contributed by atoms with van der Waals surface area (Å²) < 4.78 is 5.49. The maximum absolute atomic E-state index is 12.9. The van der Waals surface area contributed by atoms with Crippen LogP contribution < -0.4 is 10.2 Å². The van der Waals surface area contributed by atoms with Crippen molar-refractivity contribution < 1.29 is 19.1 Å². The van der Waals surface area contributed by atoms with Crippen molar-refractivity contribution in [2.75, 3.05) is 29.6 Å². The van der Waals surface area contributed by atoms with Gasteiger partial charge < -0.3 is 15.0 Å². The van der Waals surface area contributed by atoms with Crippen LogP contribution in [0.5, 0.6) is 0 Å². The van der Waals surface area contributed by atoms with Gasteiger partial charge in [0.25, 0.3) is 5.91 Å². The van der Waals surface area contributed by atoms with Crippen molar-refractivity contribution in [3.05, 3.63) is 36.0 Å². The number of anilines is 1. The van der Waals surface area contributed by atoms with E-state index in [1.807, 2.05) is 13.8 Å². The molecular formula is C22H23N5O4S. The van der Waals surface area contributed by atoms with E-state index in [4.69, 9.17) is 10.00 Å². The van der Waals surface area contributed by atoms with Crippen LogP contribution in [0.1, 0.15) is 30.6 Å². The number of benzene rings is 1. The van der Waals surface area contributed by atoms with Gasteiger partial charge in [-0.25, -0.2) is 4.79 Å². The number of nitriles is 1. The molecular weight excluding hydrogens is 430 g/mol. The molecule has 4 rings (SSSR count). The molecule has 2 aromatic rings. The smallest absolute Gasteiger partial charge is 0.414 e. The Morgan fingerprint density at radius 3 is 2.94 bits per heavy atom. The fourth-order valence-corrected chi connectivity index (χ4v) is 4.80. The Bertz CT molecular complexity index is 1130. The molecule has 1 aromatic carbocycles. The molecule has 32 heavy (non-hydrogen) atoms. The SMILES string of the molecule is CC1(C)CCN(c2ccc3nccc(C(=O)NCC(=O)N4CSC[C@H]4C#N)c3c2)C(=O)O1. The molecule has 0 radical (unpaired) electrons. The topological polar surface area (TPSA) is 116 Å². The van der Waals surface area contributed by atoms with Crippen molar-refractivity contribution in [3.63, 3.8) is 0 Å². The van der Waals surface area contributed by atoms with Crippen LogP contribution in [0.15, 0.2) is 30.5 Å². The third kappa shape index (κ3) is 4.34. The number of hydrogen-bond acceptors (Lipinski definition) is 7. The zero-order valence-electron chi connectivity index (χ0n) is 17.8. The number of carbonyl (C=O) groups is 3. The van der Waals surface area contributed by atoms with Gasteiger partial charge in [0.15, 0.2) is 0 Å². The zero-order chi connectivity index (χ0) is 22.9. The Kier molecular flexibility index (Phi) is 5.93. The molecule has 166 valence electrons. The monoisotopic (exact) mass is 453 g/mol. The summed E-state index contributed by atoms with van der Waals surface area (Å²) in [6.45, 7) is 4.04. The Morgan fingerprint density at radius 1 is 1.38 bits per heavy atom. The van der Waals surface area contributed by atoms with E-state index in [1.165, 1.54) is 27.8 Å². The molecule has 0 aliphatic carbocycles. The fourth-order valence-electron chi connectivity index (χ4n) is 3.70. The lowest BCUT2D eigenvalue weighted by Crippen LogP contribution is -2.46. The van der Waals surface area contributed by atoms with E-state index in [9.17, 15) is 14.4 Å². The van der Waals surface area contributed by atoms with Crippen LogP contribution in [-0.2, 0) is 9.53 Å². The summed E-state index contributed by atoms with van der Waals surface area (Å²) in [4.78, 5) is 45.1. The van der Waals surface area contributed by atoms with Gasteiger partial charge in [-0.05, 0) is 38.1 Å². The highest BCUT2D eigenvalue weighted by molar-refractivity contribution is 7.99. The maximum Gasteiger partial charge on any atom is 0.414 e. The molecule has 2 aliphatic heterocycles. The first kappa shape index (κ1) is 21.9. The van der Waals surface area contributed by atoms with E-state index in [2.05, 4.69) is 16.4 Å². The number of nitrogens with one attached hydrogen (secondary N) is 1. The van der Waals surface area contributed by atoms with Crippen LogP contribution in [0.4, 0.5) is 10.5 Å². The van der Waals surface area contributed by atoms with Crippen LogP contribution in [0.3, 0.4) is 0 Å². The van der Waals surface area contributed by atoms with Crippen molar-refractivity contribution in [1.82, 2.24) is 15.2 Å². The third-order valence-electron chi connectivity index (χ3n) is 5.55. The molecule has 2 saturated heterocycles. The molecule has 0 spiro atoms. The van der Waals surface area contributed by atoms with Gasteiger partial charge in [0.1, 0.15) is 11.6 Å². The number of fused-ring (bicyclic) bond motifs is 1. The predicted octanol–water partition coefficient (Wildman–Crippen LogP) is 2.51. The first-order valence-electron chi connectivity index (χ1n) is 10.2. The standard InChI is InChI=1S/C22H23N5O4S/c1-22(2)6-8-26(21(30)31-22)14-3-4-18-17(9-14)16(5-7-24-18)20(29)25-11-19(28)27-13-32-12-15(27)10-23/h3-5,7,9,15H,6,8,11-13H2,1-2H3,(H,25,29)/t15-/m1/s1. The minimum atomic E-state index is -0.512. The largest absolute Gasteiger partial charge is 0.443 e. The molecule has 1 atom stereocenters. The summed E-state index contributed by atoms with van der Waals surface area (Å²) in [5.74, 6) is 0.291. The molecule has 0 unspecified atom stereocenters. The lowest BCUT2D eigenvalue weighted by Gasteiger charge is -2.36. The fraction of sp³-hybridized carbons (Fsp3) is 0.409. The van der Waals surface area contributed by atoms with Crippen LogP contribution in [0, 0.1) is 11.3 Å².